The fourth-order valence-corrected chi connectivity index (χ4v) is 1.52. The van der Waals surface area contributed by atoms with Gasteiger partial charge in [-0.25, -0.2) is 0 Å². The predicted octanol–water partition coefficient (Wildman–Crippen LogP) is 0.265. The minimum Gasteiger partial charge on any atom is -0.378 e. The van der Waals surface area contributed by atoms with Gasteiger partial charge in [0, 0.05) is 18.7 Å². The first-order valence-corrected chi connectivity index (χ1v) is 5.08. The third-order valence-electron chi connectivity index (χ3n) is 2.43. The van der Waals surface area contributed by atoms with Crippen molar-refractivity contribution in [3.05, 3.63) is 0 Å². The average molecular weight is 200 g/mol. The molecule has 0 aromatic carbocycles. The highest BCUT2D eigenvalue weighted by molar-refractivity contribution is 5.79. The molecule has 0 bridgehead atoms. The van der Waals surface area contributed by atoms with E-state index in [-0.39, 0.29) is 23.5 Å². The molecule has 1 aliphatic rings. The van der Waals surface area contributed by atoms with E-state index in [9.17, 15) is 4.79 Å². The SMILES string of the molecule is CC1OCCC1C(=O)NCC(C)(C)N. The molecule has 1 fully saturated rings. The Morgan fingerprint density at radius 2 is 2.29 bits per heavy atom. The van der Waals surface area contributed by atoms with Crippen molar-refractivity contribution in [2.75, 3.05) is 13.2 Å². The van der Waals surface area contributed by atoms with Crippen LogP contribution in [0.1, 0.15) is 27.2 Å². The van der Waals surface area contributed by atoms with Crippen LogP contribution < -0.4 is 11.1 Å². The van der Waals surface area contributed by atoms with Crippen molar-refractivity contribution < 1.29 is 9.53 Å². The largest absolute Gasteiger partial charge is 0.378 e. The van der Waals surface area contributed by atoms with Crippen LogP contribution in [0.4, 0.5) is 0 Å². The summed E-state index contributed by atoms with van der Waals surface area (Å²) in [7, 11) is 0. The van der Waals surface area contributed by atoms with Crippen molar-refractivity contribution >= 4 is 5.91 Å². The third-order valence-corrected chi connectivity index (χ3v) is 2.43. The molecule has 82 valence electrons. The highest BCUT2D eigenvalue weighted by Crippen LogP contribution is 2.20. The van der Waals surface area contributed by atoms with Gasteiger partial charge in [0.2, 0.25) is 5.91 Å². The van der Waals surface area contributed by atoms with E-state index in [0.29, 0.717) is 13.2 Å². The number of hydrogen-bond acceptors (Lipinski definition) is 3. The summed E-state index contributed by atoms with van der Waals surface area (Å²) in [6.07, 6.45) is 0.855. The lowest BCUT2D eigenvalue weighted by molar-refractivity contribution is -0.126. The highest BCUT2D eigenvalue weighted by Gasteiger charge is 2.30. The van der Waals surface area contributed by atoms with Gasteiger partial charge >= 0.3 is 0 Å². The van der Waals surface area contributed by atoms with Crippen molar-refractivity contribution in [3.63, 3.8) is 0 Å². The Bertz CT molecular complexity index is 211. The van der Waals surface area contributed by atoms with E-state index in [1.807, 2.05) is 20.8 Å². The summed E-state index contributed by atoms with van der Waals surface area (Å²) in [4.78, 5) is 11.7. The van der Waals surface area contributed by atoms with Crippen LogP contribution in [0.25, 0.3) is 0 Å². The molecule has 2 atom stereocenters. The Morgan fingerprint density at radius 1 is 1.64 bits per heavy atom. The summed E-state index contributed by atoms with van der Waals surface area (Å²) in [5, 5.41) is 2.85. The first kappa shape index (κ1) is 11.5. The molecule has 4 heteroatoms. The Hall–Kier alpha value is -0.610. The maximum absolute atomic E-state index is 11.7. The zero-order chi connectivity index (χ0) is 10.8. The van der Waals surface area contributed by atoms with Crippen LogP contribution in [-0.4, -0.2) is 30.7 Å². The number of nitrogens with one attached hydrogen (secondary N) is 1. The van der Waals surface area contributed by atoms with Gasteiger partial charge in [0.15, 0.2) is 0 Å². The average Bonchev–Trinajstić information content (AvgIpc) is 2.46. The number of hydrogen-bond donors (Lipinski definition) is 2. The lowest BCUT2D eigenvalue weighted by Gasteiger charge is -2.21. The van der Waals surface area contributed by atoms with Crippen molar-refractivity contribution in [3.8, 4) is 0 Å². The van der Waals surface area contributed by atoms with Gasteiger partial charge in [-0.1, -0.05) is 0 Å². The number of amides is 1. The summed E-state index contributed by atoms with van der Waals surface area (Å²) in [5.41, 5.74) is 5.42. The van der Waals surface area contributed by atoms with Crippen LogP contribution in [0, 0.1) is 5.92 Å². The molecule has 2 unspecified atom stereocenters. The maximum Gasteiger partial charge on any atom is 0.225 e. The van der Waals surface area contributed by atoms with E-state index < -0.39 is 0 Å². The molecule has 1 rings (SSSR count). The van der Waals surface area contributed by atoms with E-state index in [0.717, 1.165) is 6.42 Å². The molecule has 0 aliphatic carbocycles. The van der Waals surface area contributed by atoms with Crippen LogP contribution in [-0.2, 0) is 9.53 Å². The van der Waals surface area contributed by atoms with Gasteiger partial charge in [-0.05, 0) is 27.2 Å². The summed E-state index contributed by atoms with van der Waals surface area (Å²) >= 11 is 0. The predicted molar refractivity (Wildman–Crippen MR) is 54.8 cm³/mol. The number of carbonyl (C=O) groups is 1. The van der Waals surface area contributed by atoms with Crippen molar-refractivity contribution in [2.45, 2.75) is 38.8 Å². The quantitative estimate of drug-likeness (QED) is 0.687. The molecular weight excluding hydrogens is 180 g/mol. The Balaban J connectivity index is 2.35. The smallest absolute Gasteiger partial charge is 0.225 e. The highest BCUT2D eigenvalue weighted by atomic mass is 16.5. The van der Waals surface area contributed by atoms with Crippen molar-refractivity contribution in [1.29, 1.82) is 0 Å². The first-order valence-electron chi connectivity index (χ1n) is 5.08. The minimum absolute atomic E-state index is 0.00245. The zero-order valence-corrected chi connectivity index (χ0v) is 9.17. The Labute approximate surface area is 85.2 Å². The molecule has 0 radical (unpaired) electrons. The van der Waals surface area contributed by atoms with Crippen LogP contribution in [0.5, 0.6) is 0 Å². The molecule has 0 aromatic heterocycles. The molecule has 0 spiro atoms. The lowest BCUT2D eigenvalue weighted by Crippen LogP contribution is -2.47. The molecule has 1 amide bonds. The second kappa shape index (κ2) is 4.28. The molecule has 1 saturated heterocycles. The normalized spacial score (nSPS) is 27.7. The molecule has 0 saturated carbocycles. The van der Waals surface area contributed by atoms with E-state index >= 15 is 0 Å². The third kappa shape index (κ3) is 3.27. The number of rotatable bonds is 3. The number of ether oxygens (including phenoxy) is 1. The van der Waals surface area contributed by atoms with E-state index in [1.54, 1.807) is 0 Å². The number of nitrogens with two attached hydrogens (primary N) is 1. The topological polar surface area (TPSA) is 64.3 Å². The Kier molecular flexibility index (Phi) is 3.50. The maximum atomic E-state index is 11.7. The molecule has 0 aromatic rings. The van der Waals surface area contributed by atoms with Crippen LogP contribution in [0.3, 0.4) is 0 Å². The van der Waals surface area contributed by atoms with Gasteiger partial charge in [0.25, 0.3) is 0 Å². The minimum atomic E-state index is -0.349. The van der Waals surface area contributed by atoms with Gasteiger partial charge in [0.1, 0.15) is 0 Å². The van der Waals surface area contributed by atoms with Crippen LogP contribution in [0.15, 0.2) is 0 Å². The summed E-state index contributed by atoms with van der Waals surface area (Å²) in [5.74, 6) is 0.0610. The molecule has 4 nitrogen and oxygen atoms in total. The van der Waals surface area contributed by atoms with E-state index in [1.165, 1.54) is 0 Å². The fraction of sp³-hybridized carbons (Fsp3) is 0.900. The van der Waals surface area contributed by atoms with Gasteiger partial charge in [-0.15, -0.1) is 0 Å². The zero-order valence-electron chi connectivity index (χ0n) is 9.17. The molecule has 1 aliphatic heterocycles. The van der Waals surface area contributed by atoms with Gasteiger partial charge < -0.3 is 15.8 Å². The van der Waals surface area contributed by atoms with Crippen molar-refractivity contribution in [1.82, 2.24) is 5.32 Å². The van der Waals surface area contributed by atoms with Crippen LogP contribution >= 0.6 is 0 Å². The van der Waals surface area contributed by atoms with E-state index in [2.05, 4.69) is 5.32 Å². The van der Waals surface area contributed by atoms with Crippen LogP contribution in [0.2, 0.25) is 0 Å². The lowest BCUT2D eigenvalue weighted by atomic mass is 10.0. The molecular formula is C10H20N2O2. The second-order valence-corrected chi connectivity index (χ2v) is 4.68. The van der Waals surface area contributed by atoms with Crippen molar-refractivity contribution in [2.24, 2.45) is 11.7 Å². The monoisotopic (exact) mass is 200 g/mol. The first-order chi connectivity index (χ1) is 6.40. The van der Waals surface area contributed by atoms with Gasteiger partial charge in [-0.2, -0.15) is 0 Å². The second-order valence-electron chi connectivity index (χ2n) is 4.68. The summed E-state index contributed by atoms with van der Waals surface area (Å²) < 4.78 is 5.33. The van der Waals surface area contributed by atoms with Gasteiger partial charge in [-0.3, -0.25) is 4.79 Å². The Morgan fingerprint density at radius 3 is 2.71 bits per heavy atom. The number of carbonyl (C=O) groups excluding carboxylic acids is 1. The summed E-state index contributed by atoms with van der Waals surface area (Å²) in [6, 6.07) is 0. The van der Waals surface area contributed by atoms with E-state index in [4.69, 9.17) is 10.5 Å². The van der Waals surface area contributed by atoms with Gasteiger partial charge in [0.05, 0.1) is 12.0 Å². The standard InChI is InChI=1S/C10H20N2O2/c1-7-8(4-5-14-7)9(13)12-6-10(2,3)11/h7-8H,4-6,11H2,1-3H3,(H,12,13). The molecule has 3 N–H and O–H groups in total. The molecule has 14 heavy (non-hydrogen) atoms. The molecule has 1 heterocycles. The summed E-state index contributed by atoms with van der Waals surface area (Å²) in [6.45, 7) is 6.91. The fourth-order valence-electron chi connectivity index (χ4n) is 1.52.